The monoisotopic (exact) mass is 1960 g/mol. The molecular weight excluding hydrogens is 1880 g/mol. The van der Waals surface area contributed by atoms with Crippen LogP contribution in [0.4, 0.5) is 4.79 Å². The number of carbonyl (C=O) groups is 5. The van der Waals surface area contributed by atoms with E-state index in [9.17, 15) is 117 Å². The molecule has 656 valence electrons. The molecule has 67 heteroatoms. The van der Waals surface area contributed by atoms with Crippen LogP contribution < -0.4 is 268 Å². The van der Waals surface area contributed by atoms with Crippen LogP contribution in [0.25, 0.3) is 0 Å². The molecular formula is C54H82N4Na8O48S7. The topological polar surface area (TPSA) is 746 Å². The molecule has 7 saturated heterocycles. The summed E-state index contributed by atoms with van der Waals surface area (Å²) in [6.07, 6.45) is -55.8. The molecule has 5 N–H and O–H groups in total. The number of unbranched alkanes of at least 4 members (excludes halogenated alkanes) is 3. The number of ether oxygens (including phenoxy) is 16. The van der Waals surface area contributed by atoms with Crippen LogP contribution >= 0.6 is 11.8 Å². The maximum atomic E-state index is 13.8. The number of thioether (sulfide) groups is 1. The summed E-state index contributed by atoms with van der Waals surface area (Å²) >= 11 is 1.74. The fourth-order valence-electron chi connectivity index (χ4n) is 13.4. The van der Waals surface area contributed by atoms with Gasteiger partial charge in [-0.1, -0.05) is 12.8 Å². The van der Waals surface area contributed by atoms with Crippen LogP contribution in [0.1, 0.15) is 58.3 Å². The van der Waals surface area contributed by atoms with Crippen LogP contribution in [0.5, 0.6) is 0 Å². The Labute approximate surface area is 877 Å². The first-order valence-corrected chi connectivity index (χ1v) is 42.5. The van der Waals surface area contributed by atoms with Crippen molar-refractivity contribution < 1.29 is 454 Å². The van der Waals surface area contributed by atoms with Gasteiger partial charge in [0.1, 0.15) is 110 Å². The summed E-state index contributed by atoms with van der Waals surface area (Å²) in [5.41, 5.74) is 0. The number of amides is 4. The molecule has 7 aliphatic rings. The average Bonchev–Trinajstić information content (AvgIpc) is 1.10. The summed E-state index contributed by atoms with van der Waals surface area (Å²) < 4.78 is 337. The minimum absolute atomic E-state index is 0. The van der Waals surface area contributed by atoms with Crippen LogP contribution in [-0.2, 0) is 182 Å². The van der Waals surface area contributed by atoms with E-state index in [1.165, 1.54) is 6.92 Å². The van der Waals surface area contributed by atoms with Gasteiger partial charge in [-0.25, -0.2) is 55.3 Å². The smallest absolute Gasteiger partial charge is 0.726 e. The molecule has 7 rings (SSSR count). The molecule has 4 amide bonds. The van der Waals surface area contributed by atoms with E-state index in [2.05, 4.69) is 46.4 Å². The molecule has 7 aliphatic heterocycles. The summed E-state index contributed by atoms with van der Waals surface area (Å²) in [5, 5.41) is 49.9. The van der Waals surface area contributed by atoms with Crippen LogP contribution in [0.2, 0.25) is 0 Å². The minimum Gasteiger partial charge on any atom is -0.726 e. The number of aliphatic hydroxyl groups excluding tert-OH is 1. The standard InChI is InChI=1S/C54H90N4O48S7.8Na/c1-8-91-32-23(18-92-108(67,68)69)95-49(30(31(32)61)57-28(60)16-10-9-13-17-55-27(59)15-12-11-14-26-29-22(21-107-26)56-54(66)58-29)100-38-36(86-3)43(88-5)52(102-41(38)47(62)63)99-34-25(20-94-110(73,74)75)97-53(46(106-113(82,83)84)40(34)104-111(76,77)78)101-39-37(87-4)44(89-6)51(103-42(39)48(64)65)98-33-24(19-93-109(70,71)72)96-50(90-7)45(35(33)85-2)105-112(79,80)81;;;;;;;;/h22-26,29-46,49-53,61H,8-21H2,1-7H3,(H,55,59)(H,57,60)(H,62,63)(H,64,65)(H2,56,58,66)(H,67,68,69)(H,70,71,72)(H,73,74,75)(H,76,77,78)(H,79,80,81)(H,82,83,84);;;;;;;;/q;8*+1/p-8/t22?,23-,24-,25-,26?,29?,30-,31-,32-,33-,34-,35+,36+,37+,38+,39+,40+,41+,42+,43-,44-,45-,46-,49+,50+,51+,52-,53-;;;;;;;;/m1......../s1. The first-order valence-electron chi connectivity index (χ1n) is 33.5. The van der Waals surface area contributed by atoms with Crippen LogP contribution in [0.15, 0.2) is 0 Å². The number of hydrogen-bond donors (Lipinski definition) is 5. The number of aliphatic carboxylic acids is 2. The van der Waals surface area contributed by atoms with Crippen molar-refractivity contribution in [3.05, 3.63) is 0 Å². The normalized spacial score (nSPS) is 33.7. The van der Waals surface area contributed by atoms with Gasteiger partial charge in [0.05, 0.1) is 43.8 Å². The number of rotatable bonds is 45. The van der Waals surface area contributed by atoms with Crippen molar-refractivity contribution in [1.29, 1.82) is 0 Å². The third-order valence-corrected chi connectivity index (χ3v) is 22.2. The van der Waals surface area contributed by atoms with Crippen molar-refractivity contribution in [3.8, 4) is 0 Å². The SMILES string of the molecule is CCO[C@H]1[C@H](O)[C@@H](NC(=O)CCCCCNC(=O)CCCCC2SCC3NC(=O)NC32)[C@H](O[C@H]2[C@H](OC)[C@@H](OC)[C@H](O[C@H]3[C@H](OS(=O)(=O)[O-])[C@@H](OS(=O)(=O)[O-])[C@@H](O[C@H]4[C@H](OC)[C@@H](OC)[C@@H](O[C@H]5[C@H](OC)[C@@H](OS(=O)(=O)[O-])[C@@H](OC)O[C@@H]5COS(=O)(=O)[O-])O[C@@H]4C(=O)[O-])O[C@@H]3COS(=O)(=O)[O-])O[C@@H]2C(=O)[O-])O[C@@H]1COS(=O)(=O)[O-].[Na+].[Na+].[Na+].[Na+].[Na+].[Na+].[Na+].[Na+]. The van der Waals surface area contributed by atoms with Gasteiger partial charge in [0.2, 0.25) is 74.2 Å². The van der Waals surface area contributed by atoms with Crippen LogP contribution in [-0.4, -0.2) is 365 Å². The Bertz CT molecular complexity index is 3920. The number of fused-ring (bicyclic) bond motifs is 1. The van der Waals surface area contributed by atoms with E-state index in [0.717, 1.165) is 61.3 Å². The Kier molecular flexibility index (Phi) is 60.8. The quantitative estimate of drug-likeness (QED) is 0.0124. The van der Waals surface area contributed by atoms with Crippen molar-refractivity contribution in [3.63, 3.8) is 0 Å². The van der Waals surface area contributed by atoms with Gasteiger partial charge in [-0.2, -0.15) is 11.8 Å². The Morgan fingerprint density at radius 3 is 1.26 bits per heavy atom. The van der Waals surface area contributed by atoms with Gasteiger partial charge in [0.15, 0.2) is 43.7 Å². The third-order valence-electron chi connectivity index (χ3n) is 18.1. The number of methoxy groups -OCH3 is 6. The molecule has 28 atom stereocenters. The minimum atomic E-state index is -6.53. The molecule has 7 fully saturated rings. The first-order chi connectivity index (χ1) is 52.7. The van der Waals surface area contributed by atoms with Gasteiger partial charge >= 0.3 is 242 Å². The Morgan fingerprint density at radius 1 is 0.446 bits per heavy atom. The predicted octanol–water partition coefficient (Wildman–Crippen LogP) is -35.0. The van der Waals surface area contributed by atoms with Gasteiger partial charge in [0.25, 0.3) is 0 Å². The van der Waals surface area contributed by atoms with Gasteiger partial charge in [-0.15, -0.1) is 0 Å². The van der Waals surface area contributed by atoms with Crippen molar-refractivity contribution in [2.24, 2.45) is 0 Å². The van der Waals surface area contributed by atoms with E-state index in [1.54, 1.807) is 11.8 Å². The van der Waals surface area contributed by atoms with E-state index in [1.807, 2.05) is 0 Å². The number of nitrogens with one attached hydrogen (secondary N) is 4. The number of carboxylic acids is 2. The summed E-state index contributed by atoms with van der Waals surface area (Å²) in [4.78, 5) is 64.9. The van der Waals surface area contributed by atoms with E-state index in [0.29, 0.717) is 19.3 Å². The van der Waals surface area contributed by atoms with Gasteiger partial charge in [0, 0.05) is 79.7 Å². The zero-order chi connectivity index (χ0) is 84.0. The number of urea groups is 1. The number of carbonyl (C=O) groups excluding carboxylic acids is 5. The molecule has 0 saturated carbocycles. The fraction of sp³-hybridized carbons (Fsp3) is 0.907. The Hall–Kier alpha value is 4.04. The largest absolute Gasteiger partial charge is 1.00 e. The van der Waals surface area contributed by atoms with Gasteiger partial charge in [-0.05, 0) is 32.6 Å². The molecule has 0 aromatic rings. The first kappa shape index (κ1) is 127. The molecule has 0 bridgehead atoms. The number of carboxylic acid groups (broad SMARTS) is 2. The molecule has 0 aromatic carbocycles. The van der Waals surface area contributed by atoms with Crippen LogP contribution in [0, 0.1) is 0 Å². The van der Waals surface area contributed by atoms with E-state index in [-0.39, 0.29) is 298 Å². The Morgan fingerprint density at radius 2 is 0.826 bits per heavy atom. The molecule has 121 heavy (non-hydrogen) atoms. The predicted molar refractivity (Wildman–Crippen MR) is 343 cm³/mol. The molecule has 0 aliphatic carbocycles. The summed E-state index contributed by atoms with van der Waals surface area (Å²) in [6, 6.07) is -2.09. The fourth-order valence-corrected chi connectivity index (χ4v) is 17.3. The maximum absolute atomic E-state index is 13.8. The number of hydrogen-bond acceptors (Lipinski definition) is 49. The zero-order valence-corrected chi connectivity index (χ0v) is 89.8. The van der Waals surface area contributed by atoms with Crippen molar-refractivity contribution in [2.45, 2.75) is 229 Å². The summed E-state index contributed by atoms with van der Waals surface area (Å²) in [5.74, 6) is -5.16. The zero-order valence-electron chi connectivity index (χ0n) is 68.1. The molecule has 0 aromatic heterocycles. The van der Waals surface area contributed by atoms with Gasteiger partial charge < -0.3 is 149 Å². The molecule has 52 nitrogen and oxygen atoms in total. The average molecular weight is 1960 g/mol. The van der Waals surface area contributed by atoms with Gasteiger partial charge in [-0.3, -0.25) is 34.7 Å². The van der Waals surface area contributed by atoms with Crippen molar-refractivity contribution in [1.82, 2.24) is 21.3 Å². The maximum Gasteiger partial charge on any atom is 1.00 e. The molecule has 3 unspecified atom stereocenters. The van der Waals surface area contributed by atoms with Crippen molar-refractivity contribution >= 4 is 104 Å². The second-order valence-electron chi connectivity index (χ2n) is 25.3. The summed E-state index contributed by atoms with van der Waals surface area (Å²) in [6.45, 7) is -3.24. The Balaban J connectivity index is 0. The molecule has 7 heterocycles. The second-order valence-corrected chi connectivity index (χ2v) is 32.7. The second kappa shape index (κ2) is 57.9. The number of aliphatic hydroxyl groups is 1. The van der Waals surface area contributed by atoms with E-state index < -0.39 is 254 Å². The van der Waals surface area contributed by atoms with Crippen molar-refractivity contribution in [2.75, 3.05) is 81.4 Å². The van der Waals surface area contributed by atoms with E-state index in [4.69, 9.17) is 75.8 Å². The van der Waals surface area contributed by atoms with E-state index >= 15 is 0 Å². The summed E-state index contributed by atoms with van der Waals surface area (Å²) in [7, 11) is -31.4. The molecule has 0 spiro atoms. The molecule has 0 radical (unpaired) electrons. The van der Waals surface area contributed by atoms with Crippen LogP contribution in [0.3, 0.4) is 0 Å². The third kappa shape index (κ3) is 39.2.